The Morgan fingerprint density at radius 2 is 1.11 bits per heavy atom. The second-order valence-corrected chi connectivity index (χ2v) is 10.3. The first-order chi connectivity index (χ1) is 13.3. The highest BCUT2D eigenvalue weighted by Gasteiger charge is 2.52. The van der Waals surface area contributed by atoms with E-state index in [4.69, 9.17) is 9.40 Å². The van der Waals surface area contributed by atoms with Gasteiger partial charge in [-0.05, 0) is 42.7 Å². The van der Waals surface area contributed by atoms with Crippen molar-refractivity contribution in [2.45, 2.75) is 12.0 Å². The third kappa shape index (κ3) is 3.66. The molecule has 0 unspecified atom stereocenters. The Bertz CT molecular complexity index is 926. The van der Waals surface area contributed by atoms with Crippen LogP contribution >= 0.6 is 19.0 Å². The van der Waals surface area contributed by atoms with E-state index in [0.29, 0.717) is 5.89 Å². The summed E-state index contributed by atoms with van der Waals surface area (Å²) in [6, 6.07) is 32.2. The van der Waals surface area contributed by atoms with Crippen molar-refractivity contribution in [1.82, 2.24) is 4.98 Å². The van der Waals surface area contributed by atoms with Gasteiger partial charge in [-0.25, -0.2) is 0 Å². The molecule has 0 bridgehead atoms. The lowest BCUT2D eigenvalue weighted by Gasteiger charge is -2.25. The van der Waals surface area contributed by atoms with Crippen molar-refractivity contribution in [1.29, 1.82) is 0 Å². The van der Waals surface area contributed by atoms with Crippen LogP contribution in [0.2, 0.25) is 0 Å². The molecule has 0 amide bonds. The Balaban J connectivity index is 0.00000225. The predicted octanol–water partition coefficient (Wildman–Crippen LogP) is 1.33. The molecule has 0 spiro atoms. The van der Waals surface area contributed by atoms with Crippen molar-refractivity contribution in [3.05, 3.63) is 96.9 Å². The number of rotatable bonds is 5. The quantitative estimate of drug-likeness (QED) is 0.227. The smallest absolute Gasteiger partial charge is 0.250 e. The fourth-order valence-electron chi connectivity index (χ4n) is 3.51. The summed E-state index contributed by atoms with van der Waals surface area (Å²) in [6.07, 6.45) is 2.05. The number of nitrogens with zero attached hydrogens (tertiary/aromatic N) is 1. The van der Waals surface area contributed by atoms with Crippen molar-refractivity contribution in [3.63, 3.8) is 0 Å². The SMILES string of the molecule is CSc1oc(C)nc1[P+](c1ccccc1)(c1ccccc1)c1ccccc1.[I-]. The van der Waals surface area contributed by atoms with Crippen molar-refractivity contribution in [2.24, 2.45) is 0 Å². The Labute approximate surface area is 188 Å². The average Bonchev–Trinajstić information content (AvgIpc) is 3.12. The van der Waals surface area contributed by atoms with Crippen LogP contribution in [0.4, 0.5) is 0 Å². The molecule has 0 fully saturated rings. The minimum absolute atomic E-state index is 0. The molecular weight excluding hydrogens is 496 g/mol. The van der Waals surface area contributed by atoms with Gasteiger partial charge in [-0.2, -0.15) is 4.98 Å². The van der Waals surface area contributed by atoms with Crippen LogP contribution in [0.3, 0.4) is 0 Å². The molecule has 4 aromatic rings. The van der Waals surface area contributed by atoms with Gasteiger partial charge in [0.1, 0.15) is 15.9 Å². The molecule has 3 aromatic carbocycles. The summed E-state index contributed by atoms with van der Waals surface area (Å²) in [4.78, 5) is 4.95. The zero-order chi connectivity index (χ0) is 18.7. The van der Waals surface area contributed by atoms with Gasteiger partial charge in [0.05, 0.1) is 0 Å². The fourth-order valence-corrected chi connectivity index (χ4v) is 8.72. The molecule has 0 saturated heterocycles. The summed E-state index contributed by atoms with van der Waals surface area (Å²) < 4.78 is 6.01. The molecule has 2 nitrogen and oxygen atoms in total. The normalized spacial score (nSPS) is 11.1. The van der Waals surface area contributed by atoms with Gasteiger partial charge < -0.3 is 28.4 Å². The van der Waals surface area contributed by atoms with Gasteiger partial charge in [-0.15, -0.1) is 0 Å². The van der Waals surface area contributed by atoms with Gasteiger partial charge in [-0.1, -0.05) is 66.4 Å². The van der Waals surface area contributed by atoms with Crippen LogP contribution < -0.4 is 45.3 Å². The second kappa shape index (κ2) is 9.25. The van der Waals surface area contributed by atoms with Crippen LogP contribution in [-0.2, 0) is 0 Å². The van der Waals surface area contributed by atoms with E-state index in [-0.39, 0.29) is 24.0 Å². The molecule has 1 aromatic heterocycles. The maximum Gasteiger partial charge on any atom is 0.250 e. The number of aromatic nitrogens is 1. The molecule has 142 valence electrons. The number of aryl methyl sites for hydroxylation is 1. The van der Waals surface area contributed by atoms with Gasteiger partial charge >= 0.3 is 0 Å². The first-order valence-electron chi connectivity index (χ1n) is 8.84. The minimum Gasteiger partial charge on any atom is -1.00 e. The van der Waals surface area contributed by atoms with Crippen LogP contribution in [-0.4, -0.2) is 11.2 Å². The van der Waals surface area contributed by atoms with Gasteiger partial charge in [0, 0.05) is 6.92 Å². The Kier molecular flexibility index (Phi) is 6.97. The first-order valence-corrected chi connectivity index (χ1v) is 11.9. The van der Waals surface area contributed by atoms with E-state index in [1.165, 1.54) is 15.9 Å². The van der Waals surface area contributed by atoms with E-state index in [9.17, 15) is 0 Å². The Morgan fingerprint density at radius 1 is 0.714 bits per heavy atom. The molecule has 0 aliphatic rings. The van der Waals surface area contributed by atoms with Gasteiger partial charge in [0.25, 0.3) is 5.44 Å². The summed E-state index contributed by atoms with van der Waals surface area (Å²) >= 11 is 1.63. The Hall–Kier alpha value is -1.62. The maximum atomic E-state index is 6.01. The molecule has 0 atom stereocenters. The fraction of sp³-hybridized carbons (Fsp3) is 0.0870. The van der Waals surface area contributed by atoms with E-state index in [0.717, 1.165) is 10.5 Å². The van der Waals surface area contributed by atoms with Crippen LogP contribution in [0.5, 0.6) is 0 Å². The number of oxazole rings is 1. The number of benzene rings is 3. The van der Waals surface area contributed by atoms with Crippen LogP contribution in [0.25, 0.3) is 0 Å². The highest BCUT2D eigenvalue weighted by molar-refractivity contribution is 8.04. The van der Waals surface area contributed by atoms with E-state index in [1.54, 1.807) is 11.8 Å². The largest absolute Gasteiger partial charge is 1.00 e. The topological polar surface area (TPSA) is 26.0 Å². The average molecular weight is 517 g/mol. The van der Waals surface area contributed by atoms with Crippen molar-refractivity contribution >= 4 is 40.4 Å². The van der Waals surface area contributed by atoms with E-state index in [1.807, 2.05) is 6.92 Å². The van der Waals surface area contributed by atoms with Gasteiger partial charge in [0.15, 0.2) is 13.2 Å². The standard InChI is InChI=1S/C23H21NOPS.HI/c1-18-24-22(23(25-18)27-2)26(19-12-6-3-7-13-19,20-14-8-4-9-15-20)21-16-10-5-11-17-21;/h3-17H,1-2H3;1H/q+1;/p-1. The molecule has 28 heavy (non-hydrogen) atoms. The summed E-state index contributed by atoms with van der Waals surface area (Å²) in [7, 11) is -2.16. The molecule has 0 radical (unpaired) electrons. The van der Waals surface area contributed by atoms with E-state index >= 15 is 0 Å². The van der Waals surface area contributed by atoms with Gasteiger partial charge in [0.2, 0.25) is 5.09 Å². The lowest BCUT2D eigenvalue weighted by molar-refractivity contribution is -0.00000596. The molecule has 1 heterocycles. The molecule has 0 aliphatic carbocycles. The van der Waals surface area contributed by atoms with Gasteiger partial charge in [-0.3, -0.25) is 0 Å². The summed E-state index contributed by atoms with van der Waals surface area (Å²) in [5.41, 5.74) is 1.05. The second-order valence-electron chi connectivity index (χ2n) is 6.23. The lowest BCUT2D eigenvalue weighted by atomic mass is 10.4. The molecule has 0 N–H and O–H groups in total. The summed E-state index contributed by atoms with van der Waals surface area (Å²) in [5, 5.41) is 4.75. The third-order valence-corrected chi connectivity index (χ3v) is 9.58. The zero-order valence-corrected chi connectivity index (χ0v) is 19.6. The Morgan fingerprint density at radius 3 is 1.46 bits per heavy atom. The first kappa shape index (κ1) is 21.1. The van der Waals surface area contributed by atoms with Crippen LogP contribution in [0.15, 0.2) is 101 Å². The summed E-state index contributed by atoms with van der Waals surface area (Å²) in [6.45, 7) is 1.93. The van der Waals surface area contributed by atoms with Crippen molar-refractivity contribution in [2.75, 3.05) is 6.26 Å². The van der Waals surface area contributed by atoms with Crippen LogP contribution in [0, 0.1) is 6.92 Å². The van der Waals surface area contributed by atoms with Crippen LogP contribution in [0.1, 0.15) is 5.89 Å². The number of halogens is 1. The lowest BCUT2D eigenvalue weighted by Crippen LogP contribution is -3.00. The number of hydrogen-bond donors (Lipinski definition) is 0. The van der Waals surface area contributed by atoms with E-state index < -0.39 is 7.26 Å². The molecular formula is C23H21INOPS. The van der Waals surface area contributed by atoms with Crippen molar-refractivity contribution in [3.8, 4) is 0 Å². The zero-order valence-electron chi connectivity index (χ0n) is 15.7. The van der Waals surface area contributed by atoms with Crippen molar-refractivity contribution < 1.29 is 28.4 Å². The number of hydrogen-bond acceptors (Lipinski definition) is 3. The molecule has 5 heteroatoms. The minimum atomic E-state index is -2.16. The highest BCUT2D eigenvalue weighted by atomic mass is 127. The molecule has 0 saturated carbocycles. The third-order valence-electron chi connectivity index (χ3n) is 4.62. The molecule has 4 rings (SSSR count). The highest BCUT2D eigenvalue weighted by Crippen LogP contribution is 2.55. The maximum absolute atomic E-state index is 6.01. The predicted molar refractivity (Wildman–Crippen MR) is 118 cm³/mol. The monoisotopic (exact) mass is 517 g/mol. The summed E-state index contributed by atoms with van der Waals surface area (Å²) in [5.74, 6) is 0.710. The van der Waals surface area contributed by atoms with E-state index in [2.05, 4.69) is 97.3 Å². The molecule has 0 aliphatic heterocycles. The number of thioether (sulfide) groups is 1.